The zero-order chi connectivity index (χ0) is 53.3. The van der Waals surface area contributed by atoms with E-state index in [0.717, 1.165) is 37.9 Å². The largest absolute Gasteiger partial charge is 0.490 e. The van der Waals surface area contributed by atoms with Crippen LogP contribution >= 0.6 is 0 Å². The Labute approximate surface area is 395 Å². The van der Waals surface area contributed by atoms with Crippen LogP contribution in [0, 0.1) is 0 Å². The van der Waals surface area contributed by atoms with Crippen molar-refractivity contribution in [3.8, 4) is 5.75 Å². The lowest BCUT2D eigenvalue weighted by molar-refractivity contribution is -0.173. The zero-order valence-electron chi connectivity index (χ0n) is 40.7. The predicted molar refractivity (Wildman–Crippen MR) is 241 cm³/mol. The molecule has 2 saturated carbocycles. The van der Waals surface area contributed by atoms with Crippen LogP contribution in [-0.2, 0) is 66.7 Å². The summed E-state index contributed by atoms with van der Waals surface area (Å²) in [5.41, 5.74) is 4.23. The third-order valence-electron chi connectivity index (χ3n) is 9.86. The summed E-state index contributed by atoms with van der Waals surface area (Å²) in [6.07, 6.45) is 3.28. The van der Waals surface area contributed by atoms with E-state index in [2.05, 4.69) is 29.3 Å². The monoisotopic (exact) mass is 983 g/mol. The maximum Gasteiger partial charge on any atom is 0.336 e. The van der Waals surface area contributed by atoms with Crippen LogP contribution in [0.15, 0.2) is 29.3 Å². The topological polar surface area (TPSA) is 385 Å². The molecule has 0 spiro atoms. The Morgan fingerprint density at radius 2 is 1.15 bits per heavy atom. The number of piperidine rings is 1. The second kappa shape index (κ2) is 35.6. The number of aliphatic imine (C=N–C) groups is 1. The number of nitrogens with two attached hydrogens (primary N) is 1. The first-order chi connectivity index (χ1) is 31.7. The van der Waals surface area contributed by atoms with Crippen LogP contribution < -0.4 is 15.8 Å². The summed E-state index contributed by atoms with van der Waals surface area (Å²) < 4.78 is 37.4. The van der Waals surface area contributed by atoms with Gasteiger partial charge in [-0.25, -0.2) is 33.6 Å². The highest BCUT2D eigenvalue weighted by Crippen LogP contribution is 2.38. The predicted octanol–water partition coefficient (Wildman–Crippen LogP) is 1.94. The van der Waals surface area contributed by atoms with Gasteiger partial charge in [0.05, 0.1) is 6.04 Å². The second-order valence-corrected chi connectivity index (χ2v) is 15.0. The lowest BCUT2D eigenvalue weighted by atomic mass is 9.80. The Kier molecular flexibility index (Phi) is 34.9. The molecule has 25 heteroatoms. The maximum atomic E-state index is 10.8. The quantitative estimate of drug-likeness (QED) is 0.0706. The van der Waals surface area contributed by atoms with Gasteiger partial charge in [-0.2, -0.15) is 0 Å². The molecule has 1 aromatic rings. The molecule has 10 N–H and O–H groups in total. The van der Waals surface area contributed by atoms with Gasteiger partial charge in [0.2, 0.25) is 0 Å². The third-order valence-corrected chi connectivity index (χ3v) is 9.86. The number of carboxylic acids is 7. The van der Waals surface area contributed by atoms with E-state index in [1.165, 1.54) is 77.5 Å². The van der Waals surface area contributed by atoms with Crippen LogP contribution in [-0.4, -0.2) is 201 Å². The van der Waals surface area contributed by atoms with E-state index in [4.69, 9.17) is 60.4 Å². The molecule has 1 aromatic carbocycles. The van der Waals surface area contributed by atoms with E-state index in [9.17, 15) is 33.6 Å². The average molecular weight is 984 g/mol. The SMILES string of the molecule is COC(C)(C)C(=O)O.COC(COc1ccc(C(N)=NC2CCNCC2)cc1)C(=O)O.COC1(C(=O)O)CC1.COC1(C(=O)O)CCC1.COCC(=O)O.CO[C@@H](C)C(=O)O.CO[C@H](C)C(=O)O. The van der Waals surface area contributed by atoms with Crippen molar-refractivity contribution in [2.75, 3.05) is 76.1 Å². The highest BCUT2D eigenvalue weighted by Gasteiger charge is 2.51. The van der Waals surface area contributed by atoms with Gasteiger partial charge in [-0.1, -0.05) is 0 Å². The summed E-state index contributed by atoms with van der Waals surface area (Å²) in [6, 6.07) is 7.39. The molecule has 3 atom stereocenters. The van der Waals surface area contributed by atoms with Gasteiger partial charge in [0.15, 0.2) is 35.1 Å². The fourth-order valence-corrected chi connectivity index (χ4v) is 4.38. The summed E-state index contributed by atoms with van der Waals surface area (Å²) in [4.78, 5) is 75.2. The molecule has 0 bridgehead atoms. The number of carboxylic acid groups (broad SMARTS) is 7. The highest BCUT2D eigenvalue weighted by atomic mass is 16.6. The van der Waals surface area contributed by atoms with Gasteiger partial charge in [-0.15, -0.1) is 0 Å². The number of benzene rings is 1. The van der Waals surface area contributed by atoms with Crippen LogP contribution in [0.1, 0.15) is 78.2 Å². The van der Waals surface area contributed by atoms with Gasteiger partial charge in [-0.3, -0.25) is 4.99 Å². The number of aliphatic carboxylic acids is 7. The number of amidine groups is 1. The molecule has 1 heterocycles. The van der Waals surface area contributed by atoms with Crippen molar-refractivity contribution >= 4 is 47.6 Å². The number of hydrogen-bond donors (Lipinski definition) is 9. The fourth-order valence-electron chi connectivity index (χ4n) is 4.38. The smallest absolute Gasteiger partial charge is 0.336 e. The number of rotatable bonds is 19. The van der Waals surface area contributed by atoms with E-state index in [-0.39, 0.29) is 19.3 Å². The molecule has 392 valence electrons. The molecule has 25 nitrogen and oxygen atoms in total. The van der Waals surface area contributed by atoms with Crippen molar-refractivity contribution in [3.63, 3.8) is 0 Å². The van der Waals surface area contributed by atoms with Gasteiger partial charge in [0.25, 0.3) is 0 Å². The number of ether oxygens (including phenoxy) is 8. The number of nitrogens with zero attached hydrogens (tertiary/aromatic N) is 1. The first-order valence-corrected chi connectivity index (χ1v) is 20.8. The van der Waals surface area contributed by atoms with Gasteiger partial charge in [-0.05, 0) is 110 Å². The van der Waals surface area contributed by atoms with Crippen molar-refractivity contribution in [2.24, 2.45) is 10.7 Å². The second-order valence-electron chi connectivity index (χ2n) is 15.0. The standard InChI is InChI=1S/C16H23N3O4.C6H10O3.C5H8O3.C5H10O3.2C4H8O3.C3H6O3/c1-22-14(16(20)21)10-23-13-4-2-11(3-5-13)15(17)19-12-6-8-18-9-7-12;1-9-6(5(7)8)3-2-4-6;1-8-5(2-3-5)4(6)7;1-5(2,8-3)4(6)7;2*1-3(7-2)4(5)6;1-6-2-3(4)5/h2-5,12,14,18H,6-10H2,1H3,(H2,17,19)(H,20,21);2-4H2,1H3,(H,7,8);2-3H2,1H3,(H,6,7);1-3H3,(H,6,7);2*3H,1-2H3,(H,5,6);2H2,1H3,(H,4,5)/t;;;;2*3-;/m....10./s1. The molecular formula is C43H73N3O22. The summed E-state index contributed by atoms with van der Waals surface area (Å²) in [5.74, 6) is -5.36. The minimum absolute atomic E-state index is 0.0518. The molecule has 3 aliphatic rings. The third kappa shape index (κ3) is 28.6. The van der Waals surface area contributed by atoms with Crippen molar-refractivity contribution in [1.29, 1.82) is 0 Å². The van der Waals surface area contributed by atoms with E-state index in [0.29, 0.717) is 37.3 Å². The van der Waals surface area contributed by atoms with Crippen LogP contribution in [0.2, 0.25) is 0 Å². The van der Waals surface area contributed by atoms with Gasteiger partial charge < -0.3 is 84.7 Å². The molecular weight excluding hydrogens is 910 g/mol. The van der Waals surface area contributed by atoms with Gasteiger partial charge in [0.1, 0.15) is 24.8 Å². The Morgan fingerprint density at radius 1 is 0.706 bits per heavy atom. The van der Waals surface area contributed by atoms with Crippen molar-refractivity contribution in [3.05, 3.63) is 29.8 Å². The van der Waals surface area contributed by atoms with E-state index in [1.54, 1.807) is 12.1 Å². The van der Waals surface area contributed by atoms with Gasteiger partial charge in [0, 0.05) is 55.3 Å². The fraction of sp³-hybridized carbons (Fsp3) is 0.674. The van der Waals surface area contributed by atoms with E-state index >= 15 is 0 Å². The molecule has 3 fully saturated rings. The average Bonchev–Trinajstić information content (AvgIpc) is 4.09. The molecule has 68 heavy (non-hydrogen) atoms. The minimum atomic E-state index is -1.05. The lowest BCUT2D eigenvalue weighted by Crippen LogP contribution is -2.46. The number of carbonyl (C=O) groups is 7. The molecule has 0 amide bonds. The molecule has 2 aliphatic carbocycles. The molecule has 1 saturated heterocycles. The zero-order valence-corrected chi connectivity index (χ0v) is 40.7. The van der Waals surface area contributed by atoms with Crippen molar-refractivity contribution in [1.82, 2.24) is 5.32 Å². The summed E-state index contributed by atoms with van der Waals surface area (Å²) in [7, 11) is 9.65. The van der Waals surface area contributed by atoms with Crippen LogP contribution in [0.4, 0.5) is 0 Å². The van der Waals surface area contributed by atoms with Crippen molar-refractivity contribution in [2.45, 2.75) is 114 Å². The van der Waals surface area contributed by atoms with Gasteiger partial charge >= 0.3 is 41.8 Å². The molecule has 0 radical (unpaired) electrons. The first kappa shape index (κ1) is 66.7. The van der Waals surface area contributed by atoms with E-state index < -0.39 is 76.9 Å². The summed E-state index contributed by atoms with van der Waals surface area (Å²) in [5, 5.41) is 61.3. The van der Waals surface area contributed by atoms with Crippen LogP contribution in [0.3, 0.4) is 0 Å². The summed E-state index contributed by atoms with van der Waals surface area (Å²) in [6.45, 7) is 7.62. The normalized spacial score (nSPS) is 16.5. The molecule has 4 rings (SSSR count). The summed E-state index contributed by atoms with van der Waals surface area (Å²) >= 11 is 0. The number of methoxy groups -OCH3 is 7. The van der Waals surface area contributed by atoms with Crippen LogP contribution in [0.25, 0.3) is 0 Å². The Hall–Kier alpha value is -5.54. The van der Waals surface area contributed by atoms with Crippen molar-refractivity contribution < 1.29 is 107 Å². The first-order valence-electron chi connectivity index (χ1n) is 20.8. The Bertz CT molecular complexity index is 1630. The molecule has 1 unspecified atom stereocenters. The maximum absolute atomic E-state index is 10.8. The number of nitrogens with one attached hydrogen (secondary N) is 1. The highest BCUT2D eigenvalue weighted by molar-refractivity contribution is 5.97. The lowest BCUT2D eigenvalue weighted by Gasteiger charge is -2.35. The number of hydrogen-bond acceptors (Lipinski definition) is 17. The molecule has 0 aromatic heterocycles. The Balaban J connectivity index is -0.000000789. The molecule has 1 aliphatic heterocycles. The van der Waals surface area contributed by atoms with Crippen LogP contribution in [0.5, 0.6) is 5.75 Å². The van der Waals surface area contributed by atoms with E-state index in [1.807, 2.05) is 12.1 Å². The Morgan fingerprint density at radius 3 is 1.34 bits per heavy atom. The minimum Gasteiger partial charge on any atom is -0.490 e.